The van der Waals surface area contributed by atoms with Crippen LogP contribution < -0.4 is 5.73 Å². The number of fused-ring (bicyclic) bond motifs is 3. The van der Waals surface area contributed by atoms with Crippen LogP contribution in [0.15, 0.2) is 72.8 Å². The number of carbonyl (C=O) groups is 2. The molecule has 0 saturated carbocycles. The predicted molar refractivity (Wildman–Crippen MR) is 119 cm³/mol. The highest BCUT2D eigenvalue weighted by molar-refractivity contribution is 5.95. The molecular formula is C26H22N2O4. The molecule has 0 radical (unpaired) electrons. The van der Waals surface area contributed by atoms with Crippen molar-refractivity contribution in [2.45, 2.75) is 18.4 Å². The van der Waals surface area contributed by atoms with Gasteiger partial charge in [-0.3, -0.25) is 9.59 Å². The van der Waals surface area contributed by atoms with Crippen molar-refractivity contribution in [3.05, 3.63) is 95.1 Å². The quantitative estimate of drug-likeness (QED) is 0.442. The fourth-order valence-electron chi connectivity index (χ4n) is 4.31. The number of rotatable bonds is 7. The van der Waals surface area contributed by atoms with Gasteiger partial charge in [0, 0.05) is 12.0 Å². The van der Waals surface area contributed by atoms with Crippen molar-refractivity contribution in [1.29, 1.82) is 5.26 Å². The Morgan fingerprint density at radius 2 is 1.62 bits per heavy atom. The molecule has 0 saturated heterocycles. The molecule has 0 fully saturated rings. The Morgan fingerprint density at radius 3 is 2.22 bits per heavy atom. The molecule has 0 heterocycles. The van der Waals surface area contributed by atoms with Crippen LogP contribution in [0.25, 0.3) is 11.1 Å². The zero-order valence-electron chi connectivity index (χ0n) is 17.3. The minimum Gasteiger partial charge on any atom is -0.481 e. The van der Waals surface area contributed by atoms with Gasteiger partial charge in [0.25, 0.3) is 0 Å². The molecule has 1 aliphatic carbocycles. The number of nitrogens with two attached hydrogens (primary N) is 1. The van der Waals surface area contributed by atoms with Crippen molar-refractivity contribution in [1.82, 2.24) is 0 Å². The van der Waals surface area contributed by atoms with Crippen molar-refractivity contribution < 1.29 is 19.4 Å². The van der Waals surface area contributed by atoms with Crippen LogP contribution in [0.3, 0.4) is 0 Å². The van der Waals surface area contributed by atoms with Crippen LogP contribution in [0.2, 0.25) is 0 Å². The standard InChI is InChI=1S/C26H22N2O4/c27-14-17-7-5-6-16(12-17)13-23(28)24(25(29)30)26(31)32-15-22-20-10-3-1-8-18(20)19-9-2-4-11-21(19)22/h1-12,22-24H,13,15,28H2,(H,29,30)/t23-,24-/m0/s1. The summed E-state index contributed by atoms with van der Waals surface area (Å²) in [6, 6.07) is 23.6. The average molecular weight is 426 g/mol. The third kappa shape index (κ3) is 4.11. The second-order valence-corrected chi connectivity index (χ2v) is 7.85. The molecule has 2 atom stereocenters. The molecule has 4 rings (SSSR count). The number of hydrogen-bond donors (Lipinski definition) is 2. The van der Waals surface area contributed by atoms with Crippen LogP contribution in [-0.4, -0.2) is 29.7 Å². The molecule has 0 spiro atoms. The number of esters is 1. The lowest BCUT2D eigenvalue weighted by molar-refractivity contribution is -0.159. The topological polar surface area (TPSA) is 113 Å². The van der Waals surface area contributed by atoms with Gasteiger partial charge in [-0.2, -0.15) is 5.26 Å². The van der Waals surface area contributed by atoms with E-state index in [1.54, 1.807) is 24.3 Å². The third-order valence-corrected chi connectivity index (χ3v) is 5.83. The minimum absolute atomic E-state index is 0.0350. The molecule has 0 unspecified atom stereocenters. The summed E-state index contributed by atoms with van der Waals surface area (Å²) in [4.78, 5) is 24.6. The summed E-state index contributed by atoms with van der Waals surface area (Å²) < 4.78 is 5.51. The Hall–Kier alpha value is -3.95. The zero-order chi connectivity index (χ0) is 22.7. The summed E-state index contributed by atoms with van der Waals surface area (Å²) >= 11 is 0. The van der Waals surface area contributed by atoms with E-state index in [4.69, 9.17) is 15.7 Å². The maximum atomic E-state index is 12.8. The molecular weight excluding hydrogens is 404 g/mol. The van der Waals surface area contributed by atoms with E-state index in [1.165, 1.54) is 0 Å². The normalized spacial score (nSPS) is 14.0. The Labute approximate surface area is 185 Å². The van der Waals surface area contributed by atoms with Gasteiger partial charge in [0.15, 0.2) is 5.92 Å². The number of hydrogen-bond acceptors (Lipinski definition) is 5. The molecule has 32 heavy (non-hydrogen) atoms. The van der Waals surface area contributed by atoms with Gasteiger partial charge in [-0.05, 0) is 46.4 Å². The molecule has 3 aromatic rings. The first kappa shape index (κ1) is 21.3. The van der Waals surface area contributed by atoms with Crippen LogP contribution in [0.1, 0.15) is 28.2 Å². The van der Waals surface area contributed by atoms with Gasteiger partial charge < -0.3 is 15.6 Å². The molecule has 6 nitrogen and oxygen atoms in total. The first-order chi connectivity index (χ1) is 15.5. The Balaban J connectivity index is 1.49. The molecule has 0 bridgehead atoms. The van der Waals surface area contributed by atoms with Gasteiger partial charge in [-0.1, -0.05) is 60.7 Å². The minimum atomic E-state index is -1.51. The fraction of sp³-hybridized carbons (Fsp3) is 0.192. The molecule has 6 heteroatoms. The lowest BCUT2D eigenvalue weighted by atomic mass is 9.93. The highest BCUT2D eigenvalue weighted by atomic mass is 16.5. The van der Waals surface area contributed by atoms with Gasteiger partial charge in [-0.25, -0.2) is 0 Å². The van der Waals surface area contributed by atoms with Crippen molar-refractivity contribution in [2.24, 2.45) is 11.7 Å². The van der Waals surface area contributed by atoms with Gasteiger partial charge in [0.1, 0.15) is 6.61 Å². The predicted octanol–water partition coefficient (Wildman–Crippen LogP) is 3.48. The smallest absolute Gasteiger partial charge is 0.321 e. The number of carbonyl (C=O) groups excluding carboxylic acids is 1. The van der Waals surface area contributed by atoms with E-state index in [0.29, 0.717) is 11.1 Å². The SMILES string of the molecule is N#Cc1cccc(C[C@H](N)[C@@H](C(=O)O)C(=O)OCC2c3ccccc3-c3ccccc32)c1. The summed E-state index contributed by atoms with van der Waals surface area (Å²) in [7, 11) is 0. The molecule has 3 aromatic carbocycles. The van der Waals surface area contributed by atoms with Crippen LogP contribution >= 0.6 is 0 Å². The number of nitrogens with zero attached hydrogens (tertiary/aromatic N) is 1. The van der Waals surface area contributed by atoms with Crippen LogP contribution in [-0.2, 0) is 20.7 Å². The third-order valence-electron chi connectivity index (χ3n) is 5.83. The van der Waals surface area contributed by atoms with E-state index in [-0.39, 0.29) is 18.9 Å². The maximum absolute atomic E-state index is 12.8. The van der Waals surface area contributed by atoms with Crippen LogP contribution in [0.4, 0.5) is 0 Å². The van der Waals surface area contributed by atoms with Crippen molar-refractivity contribution >= 4 is 11.9 Å². The number of benzene rings is 3. The summed E-state index contributed by atoms with van der Waals surface area (Å²) in [5, 5.41) is 18.7. The Kier molecular flexibility index (Phi) is 6.02. The molecule has 0 aliphatic heterocycles. The van der Waals surface area contributed by atoms with Gasteiger partial charge in [0.2, 0.25) is 0 Å². The number of aliphatic carboxylic acids is 1. The zero-order valence-corrected chi connectivity index (χ0v) is 17.3. The number of nitriles is 1. The first-order valence-corrected chi connectivity index (χ1v) is 10.3. The van der Waals surface area contributed by atoms with Crippen LogP contribution in [0, 0.1) is 17.2 Å². The van der Waals surface area contributed by atoms with Crippen molar-refractivity contribution in [3.63, 3.8) is 0 Å². The second kappa shape index (κ2) is 9.04. The van der Waals surface area contributed by atoms with E-state index in [0.717, 1.165) is 22.3 Å². The molecule has 0 amide bonds. The summed E-state index contributed by atoms with van der Waals surface area (Å²) in [6.45, 7) is 0.0350. The molecule has 160 valence electrons. The summed E-state index contributed by atoms with van der Waals surface area (Å²) in [5.41, 5.74) is 11.5. The second-order valence-electron chi connectivity index (χ2n) is 7.85. The first-order valence-electron chi connectivity index (χ1n) is 10.3. The van der Waals surface area contributed by atoms with E-state index in [2.05, 4.69) is 0 Å². The monoisotopic (exact) mass is 426 g/mol. The fourth-order valence-corrected chi connectivity index (χ4v) is 4.31. The van der Waals surface area contributed by atoms with E-state index < -0.39 is 23.9 Å². The summed E-state index contributed by atoms with van der Waals surface area (Å²) in [6.07, 6.45) is 0.136. The Morgan fingerprint density at radius 1 is 1.00 bits per heavy atom. The van der Waals surface area contributed by atoms with Gasteiger partial charge in [-0.15, -0.1) is 0 Å². The largest absolute Gasteiger partial charge is 0.481 e. The van der Waals surface area contributed by atoms with Crippen molar-refractivity contribution in [2.75, 3.05) is 6.61 Å². The molecule has 0 aromatic heterocycles. The number of carboxylic acids is 1. The highest BCUT2D eigenvalue weighted by Crippen LogP contribution is 2.44. The average Bonchev–Trinajstić information content (AvgIpc) is 3.11. The lowest BCUT2D eigenvalue weighted by Crippen LogP contribution is -2.43. The maximum Gasteiger partial charge on any atom is 0.321 e. The molecule has 1 aliphatic rings. The number of ether oxygens (including phenoxy) is 1. The van der Waals surface area contributed by atoms with Crippen LogP contribution in [0.5, 0.6) is 0 Å². The Bertz CT molecular complexity index is 1170. The van der Waals surface area contributed by atoms with E-state index in [1.807, 2.05) is 54.6 Å². The van der Waals surface area contributed by atoms with Gasteiger partial charge >= 0.3 is 11.9 Å². The van der Waals surface area contributed by atoms with Gasteiger partial charge in [0.05, 0.1) is 11.6 Å². The van der Waals surface area contributed by atoms with E-state index >= 15 is 0 Å². The number of carboxylic acid groups (broad SMARTS) is 1. The summed E-state index contributed by atoms with van der Waals surface area (Å²) in [5.74, 6) is -3.86. The van der Waals surface area contributed by atoms with Crippen molar-refractivity contribution in [3.8, 4) is 17.2 Å². The highest BCUT2D eigenvalue weighted by Gasteiger charge is 2.36. The molecule has 3 N–H and O–H groups in total. The van der Waals surface area contributed by atoms with E-state index in [9.17, 15) is 14.7 Å². The lowest BCUT2D eigenvalue weighted by Gasteiger charge is -2.21.